The number of benzene rings is 2. The Morgan fingerprint density at radius 3 is 2.59 bits per heavy atom. The largest absolute Gasteiger partial charge is 0.497 e. The fourth-order valence-corrected chi connectivity index (χ4v) is 3.76. The van der Waals surface area contributed by atoms with Crippen LogP contribution in [0.15, 0.2) is 42.5 Å². The minimum atomic E-state index is -0.398. The molecule has 7 heteroatoms. The van der Waals surface area contributed by atoms with Crippen molar-refractivity contribution in [1.29, 1.82) is 0 Å². The number of hydrogen-bond acceptors (Lipinski definition) is 3. The zero-order valence-electron chi connectivity index (χ0n) is 14.9. The number of ether oxygens (including phenoxy) is 1. The molecule has 1 fully saturated rings. The van der Waals surface area contributed by atoms with Gasteiger partial charge in [-0.2, -0.15) is 0 Å². The van der Waals surface area contributed by atoms with Gasteiger partial charge in [0, 0.05) is 11.6 Å². The van der Waals surface area contributed by atoms with Crippen LogP contribution in [0.1, 0.15) is 34.8 Å². The van der Waals surface area contributed by atoms with E-state index in [2.05, 4.69) is 5.32 Å². The van der Waals surface area contributed by atoms with Gasteiger partial charge in [0.1, 0.15) is 5.75 Å². The minimum Gasteiger partial charge on any atom is -0.497 e. The second kappa shape index (κ2) is 8.63. The topological polar surface area (TPSA) is 58.6 Å². The third kappa shape index (κ3) is 4.54. The molecule has 0 aromatic heterocycles. The summed E-state index contributed by atoms with van der Waals surface area (Å²) in [6, 6.07) is 12.4. The van der Waals surface area contributed by atoms with Gasteiger partial charge < -0.3 is 15.0 Å². The van der Waals surface area contributed by atoms with E-state index in [9.17, 15) is 9.59 Å². The Balaban J connectivity index is 1.63. The number of carbonyl (C=O) groups is 2. The maximum atomic E-state index is 12.7. The number of likely N-dealkylation sites (tertiary alicyclic amines) is 1. The van der Waals surface area contributed by atoms with Crippen molar-refractivity contribution in [2.75, 3.05) is 20.2 Å². The summed E-state index contributed by atoms with van der Waals surface area (Å²) in [5.74, 6) is 0.263. The van der Waals surface area contributed by atoms with E-state index in [1.54, 1.807) is 19.2 Å². The molecule has 1 atom stereocenters. The van der Waals surface area contributed by atoms with Gasteiger partial charge in [-0.25, -0.2) is 0 Å². The highest BCUT2D eigenvalue weighted by atomic mass is 35.5. The fraction of sp³-hybridized carbons (Fsp3) is 0.300. The number of amides is 2. The second-order valence-electron chi connectivity index (χ2n) is 6.33. The average molecular weight is 407 g/mol. The maximum absolute atomic E-state index is 12.7. The summed E-state index contributed by atoms with van der Waals surface area (Å²) in [4.78, 5) is 26.8. The van der Waals surface area contributed by atoms with E-state index in [1.807, 2.05) is 29.2 Å². The summed E-state index contributed by atoms with van der Waals surface area (Å²) in [6.07, 6.45) is 1.83. The van der Waals surface area contributed by atoms with Crippen molar-refractivity contribution < 1.29 is 14.3 Å². The molecule has 5 nitrogen and oxygen atoms in total. The Kier molecular flexibility index (Phi) is 6.24. The number of methoxy groups -OCH3 is 1. The quantitative estimate of drug-likeness (QED) is 0.812. The lowest BCUT2D eigenvalue weighted by Crippen LogP contribution is -2.39. The number of rotatable bonds is 5. The molecule has 0 unspecified atom stereocenters. The van der Waals surface area contributed by atoms with Gasteiger partial charge in [-0.3, -0.25) is 9.59 Å². The van der Waals surface area contributed by atoms with E-state index in [4.69, 9.17) is 27.9 Å². The summed E-state index contributed by atoms with van der Waals surface area (Å²) < 4.78 is 5.18. The highest BCUT2D eigenvalue weighted by Crippen LogP contribution is 2.32. The summed E-state index contributed by atoms with van der Waals surface area (Å²) >= 11 is 11.9. The standard InChI is InChI=1S/C20H20Cl2N2O3/c1-27-15-7-4-13(5-8-15)18-3-2-10-24(18)19(25)12-23-20(26)16-9-6-14(21)11-17(16)22/h4-9,11,18H,2-3,10,12H2,1H3,(H,23,26)/t18-/m1/s1. The molecule has 1 N–H and O–H groups in total. The van der Waals surface area contributed by atoms with E-state index in [0.29, 0.717) is 17.1 Å². The van der Waals surface area contributed by atoms with E-state index in [0.717, 1.165) is 24.2 Å². The van der Waals surface area contributed by atoms with Crippen LogP contribution < -0.4 is 10.1 Å². The first-order valence-corrected chi connectivity index (χ1v) is 9.42. The lowest BCUT2D eigenvalue weighted by Gasteiger charge is -2.25. The summed E-state index contributed by atoms with van der Waals surface area (Å²) in [5.41, 5.74) is 1.36. The van der Waals surface area contributed by atoms with Crippen LogP contribution in [0.5, 0.6) is 5.75 Å². The third-order valence-electron chi connectivity index (χ3n) is 4.65. The van der Waals surface area contributed by atoms with Crippen molar-refractivity contribution in [3.63, 3.8) is 0 Å². The predicted molar refractivity (Wildman–Crippen MR) is 105 cm³/mol. The molecule has 0 aliphatic carbocycles. The normalized spacial score (nSPS) is 16.3. The van der Waals surface area contributed by atoms with Gasteiger partial charge in [0.15, 0.2) is 0 Å². The van der Waals surface area contributed by atoms with Gasteiger partial charge in [-0.15, -0.1) is 0 Å². The van der Waals surface area contributed by atoms with Crippen LogP contribution >= 0.6 is 23.2 Å². The van der Waals surface area contributed by atoms with Crippen molar-refractivity contribution in [2.24, 2.45) is 0 Å². The molecular weight excluding hydrogens is 387 g/mol. The molecule has 2 aromatic carbocycles. The molecule has 0 radical (unpaired) electrons. The Labute approximate surface area is 168 Å². The van der Waals surface area contributed by atoms with Crippen molar-refractivity contribution >= 4 is 35.0 Å². The molecule has 2 amide bonds. The summed E-state index contributed by atoms with van der Waals surface area (Å²) in [7, 11) is 1.62. The van der Waals surface area contributed by atoms with Gasteiger partial charge in [0.25, 0.3) is 5.91 Å². The average Bonchev–Trinajstić information content (AvgIpc) is 3.16. The lowest BCUT2D eigenvalue weighted by molar-refractivity contribution is -0.131. The first-order valence-electron chi connectivity index (χ1n) is 8.66. The number of halogens is 2. The zero-order chi connectivity index (χ0) is 19.4. The van der Waals surface area contributed by atoms with Gasteiger partial charge in [0.2, 0.25) is 5.91 Å². The van der Waals surface area contributed by atoms with Crippen molar-refractivity contribution in [1.82, 2.24) is 10.2 Å². The molecule has 2 aromatic rings. The predicted octanol–water partition coefficient (Wildman–Crippen LogP) is 4.10. The molecule has 1 aliphatic rings. The summed E-state index contributed by atoms with van der Waals surface area (Å²) in [6.45, 7) is 0.595. The monoisotopic (exact) mass is 406 g/mol. The van der Waals surface area contributed by atoms with Gasteiger partial charge >= 0.3 is 0 Å². The van der Waals surface area contributed by atoms with E-state index < -0.39 is 5.91 Å². The molecule has 3 rings (SSSR count). The molecule has 142 valence electrons. The molecule has 1 heterocycles. The Morgan fingerprint density at radius 1 is 1.19 bits per heavy atom. The second-order valence-corrected chi connectivity index (χ2v) is 7.17. The number of hydrogen-bond donors (Lipinski definition) is 1. The Morgan fingerprint density at radius 2 is 1.93 bits per heavy atom. The first-order chi connectivity index (χ1) is 13.0. The highest BCUT2D eigenvalue weighted by Gasteiger charge is 2.30. The molecular formula is C20H20Cl2N2O3. The molecule has 1 saturated heterocycles. The van der Waals surface area contributed by atoms with Crippen LogP contribution in [0.25, 0.3) is 0 Å². The molecule has 1 aliphatic heterocycles. The van der Waals surface area contributed by atoms with Crippen molar-refractivity contribution in [3.8, 4) is 5.75 Å². The van der Waals surface area contributed by atoms with Crippen LogP contribution in [-0.2, 0) is 4.79 Å². The SMILES string of the molecule is COc1ccc([C@H]2CCCN2C(=O)CNC(=O)c2ccc(Cl)cc2Cl)cc1. The third-order valence-corrected chi connectivity index (χ3v) is 5.20. The molecule has 0 saturated carbocycles. The molecule has 27 heavy (non-hydrogen) atoms. The minimum absolute atomic E-state index is 0.0134. The number of nitrogens with one attached hydrogen (secondary N) is 1. The van der Waals surface area contributed by atoms with Crippen molar-refractivity contribution in [3.05, 3.63) is 63.6 Å². The Hall–Kier alpha value is -2.24. The summed E-state index contributed by atoms with van der Waals surface area (Å²) in [5, 5.41) is 3.35. The highest BCUT2D eigenvalue weighted by molar-refractivity contribution is 6.36. The van der Waals surface area contributed by atoms with Crippen molar-refractivity contribution in [2.45, 2.75) is 18.9 Å². The van der Waals surface area contributed by atoms with Gasteiger partial charge in [-0.1, -0.05) is 35.3 Å². The molecule has 0 bridgehead atoms. The van der Waals surface area contributed by atoms with Gasteiger partial charge in [0.05, 0.1) is 30.3 Å². The lowest BCUT2D eigenvalue weighted by atomic mass is 10.0. The van der Waals surface area contributed by atoms with Crippen LogP contribution in [-0.4, -0.2) is 36.9 Å². The van der Waals surface area contributed by atoms with Crippen LogP contribution in [0, 0.1) is 0 Å². The van der Waals surface area contributed by atoms with E-state index in [1.165, 1.54) is 6.07 Å². The Bertz CT molecular complexity index is 840. The maximum Gasteiger partial charge on any atom is 0.253 e. The number of carbonyl (C=O) groups excluding carboxylic acids is 2. The fourth-order valence-electron chi connectivity index (χ4n) is 3.26. The number of nitrogens with zero attached hydrogens (tertiary/aromatic N) is 1. The molecule has 0 spiro atoms. The van der Waals surface area contributed by atoms with E-state index >= 15 is 0 Å². The van der Waals surface area contributed by atoms with Crippen LogP contribution in [0.2, 0.25) is 10.0 Å². The first kappa shape index (κ1) is 19.5. The van der Waals surface area contributed by atoms with Gasteiger partial charge in [-0.05, 0) is 48.7 Å². The zero-order valence-corrected chi connectivity index (χ0v) is 16.4. The van der Waals surface area contributed by atoms with Crippen LogP contribution in [0.4, 0.5) is 0 Å². The van der Waals surface area contributed by atoms with E-state index in [-0.39, 0.29) is 23.5 Å². The van der Waals surface area contributed by atoms with Crippen LogP contribution in [0.3, 0.4) is 0 Å². The smallest absolute Gasteiger partial charge is 0.253 e.